The van der Waals surface area contributed by atoms with Crippen molar-refractivity contribution < 1.29 is 32.2 Å². The number of carbonyl (C=O) groups is 1. The van der Waals surface area contributed by atoms with Crippen LogP contribution >= 0.6 is 12.2 Å². The van der Waals surface area contributed by atoms with Crippen molar-refractivity contribution in [3.63, 3.8) is 0 Å². The van der Waals surface area contributed by atoms with Gasteiger partial charge in [0.2, 0.25) is 0 Å². The van der Waals surface area contributed by atoms with Gasteiger partial charge in [-0.3, -0.25) is 9.69 Å². The van der Waals surface area contributed by atoms with Crippen LogP contribution in [0.5, 0.6) is 17.2 Å². The Balaban J connectivity index is 1.83. The average Bonchev–Trinajstić information content (AvgIpc) is 2.95. The van der Waals surface area contributed by atoms with Crippen LogP contribution in [-0.2, 0) is 4.79 Å². The number of hydrogen-bond donors (Lipinski definition) is 1. The third kappa shape index (κ3) is 4.82. The SMILES string of the molecule is CCOc1cc(/C=C2\NC(=S)N(c3ccc(OC(F)(F)F)cc3)C2=O)ccc1OC. The highest BCUT2D eigenvalue weighted by Crippen LogP contribution is 2.30. The molecule has 0 bridgehead atoms. The lowest BCUT2D eigenvalue weighted by atomic mass is 10.1. The largest absolute Gasteiger partial charge is 0.573 e. The summed E-state index contributed by atoms with van der Waals surface area (Å²) in [5.41, 5.74) is 1.19. The fraction of sp³-hybridized carbons (Fsp3) is 0.200. The molecular formula is C20H17F3N2O4S. The lowest BCUT2D eigenvalue weighted by Gasteiger charge is -2.15. The number of benzene rings is 2. The van der Waals surface area contributed by atoms with Crippen molar-refractivity contribution in [1.82, 2.24) is 5.32 Å². The number of nitrogens with one attached hydrogen (secondary N) is 1. The number of ether oxygens (including phenoxy) is 3. The van der Waals surface area contributed by atoms with E-state index in [4.69, 9.17) is 21.7 Å². The fourth-order valence-electron chi connectivity index (χ4n) is 2.78. The Hall–Kier alpha value is -3.27. The Morgan fingerprint density at radius 3 is 2.43 bits per heavy atom. The molecule has 2 aromatic rings. The van der Waals surface area contributed by atoms with Gasteiger partial charge in [-0.05, 0) is 67.2 Å². The lowest BCUT2D eigenvalue weighted by Crippen LogP contribution is -2.30. The average molecular weight is 438 g/mol. The molecule has 10 heteroatoms. The van der Waals surface area contributed by atoms with Crippen LogP contribution in [-0.4, -0.2) is 31.1 Å². The lowest BCUT2D eigenvalue weighted by molar-refractivity contribution is -0.274. The number of alkyl halides is 3. The summed E-state index contributed by atoms with van der Waals surface area (Å²) < 4.78 is 51.5. The minimum absolute atomic E-state index is 0.106. The Bertz CT molecular complexity index is 991. The van der Waals surface area contributed by atoms with Crippen LogP contribution in [0.15, 0.2) is 48.2 Å². The number of amides is 1. The Morgan fingerprint density at radius 1 is 1.13 bits per heavy atom. The molecule has 1 amide bonds. The van der Waals surface area contributed by atoms with Crippen molar-refractivity contribution in [3.8, 4) is 17.2 Å². The maximum Gasteiger partial charge on any atom is 0.573 e. The molecule has 0 unspecified atom stereocenters. The van der Waals surface area contributed by atoms with Gasteiger partial charge >= 0.3 is 6.36 Å². The first-order valence-corrected chi connectivity index (χ1v) is 9.16. The smallest absolute Gasteiger partial charge is 0.493 e. The van der Waals surface area contributed by atoms with E-state index >= 15 is 0 Å². The molecule has 1 fully saturated rings. The predicted molar refractivity (Wildman–Crippen MR) is 108 cm³/mol. The molecule has 158 valence electrons. The van der Waals surface area contributed by atoms with Gasteiger partial charge in [-0.15, -0.1) is 13.2 Å². The minimum atomic E-state index is -4.80. The summed E-state index contributed by atoms with van der Waals surface area (Å²) >= 11 is 5.22. The van der Waals surface area contributed by atoms with Crippen LogP contribution < -0.4 is 24.4 Å². The van der Waals surface area contributed by atoms with E-state index in [1.165, 1.54) is 24.1 Å². The van der Waals surface area contributed by atoms with Crippen LogP contribution in [0.25, 0.3) is 6.08 Å². The number of thiocarbonyl (C=S) groups is 1. The molecule has 1 aliphatic rings. The number of halogens is 3. The summed E-state index contributed by atoms with van der Waals surface area (Å²) in [6.45, 7) is 2.29. The first kappa shape index (κ1) is 21.4. The van der Waals surface area contributed by atoms with Gasteiger partial charge in [-0.2, -0.15) is 0 Å². The van der Waals surface area contributed by atoms with Gasteiger partial charge in [0.1, 0.15) is 11.4 Å². The molecule has 0 aromatic heterocycles. The van der Waals surface area contributed by atoms with Gasteiger partial charge in [-0.25, -0.2) is 0 Å². The second kappa shape index (κ2) is 8.62. The molecule has 0 saturated carbocycles. The van der Waals surface area contributed by atoms with Gasteiger partial charge < -0.3 is 19.5 Å². The second-order valence-corrected chi connectivity index (χ2v) is 6.40. The topological polar surface area (TPSA) is 60.0 Å². The fourth-order valence-corrected chi connectivity index (χ4v) is 3.08. The Morgan fingerprint density at radius 2 is 1.83 bits per heavy atom. The predicted octanol–water partition coefficient (Wildman–Crippen LogP) is 4.25. The highest BCUT2D eigenvalue weighted by molar-refractivity contribution is 7.80. The molecule has 6 nitrogen and oxygen atoms in total. The maximum absolute atomic E-state index is 12.8. The number of methoxy groups -OCH3 is 1. The van der Waals surface area contributed by atoms with E-state index in [0.29, 0.717) is 29.4 Å². The van der Waals surface area contributed by atoms with Crippen molar-refractivity contribution in [3.05, 3.63) is 53.7 Å². The highest BCUT2D eigenvalue weighted by atomic mass is 32.1. The van der Waals surface area contributed by atoms with Gasteiger partial charge in [0.25, 0.3) is 5.91 Å². The first-order valence-electron chi connectivity index (χ1n) is 8.75. The standard InChI is InChI=1S/C20H17F3N2O4S/c1-3-28-17-11-12(4-9-16(17)27-2)10-15-18(26)25(19(30)24-15)13-5-7-14(8-6-13)29-20(21,22)23/h4-11H,3H2,1-2H3,(H,24,30)/b15-10-. The van der Waals surface area contributed by atoms with Gasteiger partial charge in [0.05, 0.1) is 19.4 Å². The Labute approximate surface area is 175 Å². The zero-order valence-electron chi connectivity index (χ0n) is 15.9. The van der Waals surface area contributed by atoms with E-state index in [2.05, 4.69) is 10.1 Å². The third-order valence-corrected chi connectivity index (χ3v) is 4.29. The van der Waals surface area contributed by atoms with Crippen LogP contribution in [0.2, 0.25) is 0 Å². The highest BCUT2D eigenvalue weighted by Gasteiger charge is 2.33. The van der Waals surface area contributed by atoms with Crippen LogP contribution in [0.3, 0.4) is 0 Å². The van der Waals surface area contributed by atoms with Gasteiger partial charge in [0.15, 0.2) is 16.6 Å². The molecule has 1 aliphatic heterocycles. The molecule has 2 aromatic carbocycles. The molecule has 1 N–H and O–H groups in total. The van der Waals surface area contributed by atoms with Crippen molar-refractivity contribution in [2.24, 2.45) is 0 Å². The van der Waals surface area contributed by atoms with Crippen LogP contribution in [0.1, 0.15) is 12.5 Å². The van der Waals surface area contributed by atoms with Gasteiger partial charge in [0, 0.05) is 0 Å². The molecule has 1 heterocycles. The summed E-state index contributed by atoms with van der Waals surface area (Å²) in [7, 11) is 1.53. The van der Waals surface area contributed by atoms with E-state index < -0.39 is 18.0 Å². The molecule has 3 rings (SSSR count). The summed E-state index contributed by atoms with van der Waals surface area (Å²) in [5, 5.41) is 2.93. The zero-order valence-corrected chi connectivity index (χ0v) is 16.8. The number of anilines is 1. The van der Waals surface area contributed by atoms with Crippen molar-refractivity contribution in [2.75, 3.05) is 18.6 Å². The van der Waals surface area contributed by atoms with Gasteiger partial charge in [-0.1, -0.05) is 6.07 Å². The zero-order chi connectivity index (χ0) is 21.9. The molecule has 1 saturated heterocycles. The number of hydrogen-bond acceptors (Lipinski definition) is 5. The number of rotatable bonds is 6. The van der Waals surface area contributed by atoms with Crippen molar-refractivity contribution >= 4 is 35.0 Å². The number of carbonyl (C=O) groups excluding carboxylic acids is 1. The van der Waals surface area contributed by atoms with E-state index in [1.807, 2.05) is 6.92 Å². The van der Waals surface area contributed by atoms with E-state index in [-0.39, 0.29) is 10.8 Å². The third-order valence-electron chi connectivity index (χ3n) is 4.01. The summed E-state index contributed by atoms with van der Waals surface area (Å²) in [6.07, 6.45) is -3.20. The van der Waals surface area contributed by atoms with E-state index in [9.17, 15) is 18.0 Å². The molecule has 0 aliphatic carbocycles. The first-order chi connectivity index (χ1) is 14.2. The summed E-state index contributed by atoms with van der Waals surface area (Å²) in [4.78, 5) is 14.0. The summed E-state index contributed by atoms with van der Waals surface area (Å²) in [6, 6.07) is 10.0. The van der Waals surface area contributed by atoms with Crippen molar-refractivity contribution in [1.29, 1.82) is 0 Å². The second-order valence-electron chi connectivity index (χ2n) is 6.01. The molecular weight excluding hydrogens is 421 g/mol. The molecule has 0 atom stereocenters. The van der Waals surface area contributed by atoms with Crippen molar-refractivity contribution in [2.45, 2.75) is 13.3 Å². The summed E-state index contributed by atoms with van der Waals surface area (Å²) in [5.74, 6) is 0.245. The molecule has 0 spiro atoms. The quantitative estimate of drug-likeness (QED) is 0.538. The molecule has 30 heavy (non-hydrogen) atoms. The van der Waals surface area contributed by atoms with E-state index in [1.54, 1.807) is 24.3 Å². The number of nitrogens with zero attached hydrogens (tertiary/aromatic N) is 1. The monoisotopic (exact) mass is 438 g/mol. The Kier molecular flexibility index (Phi) is 6.16. The van der Waals surface area contributed by atoms with E-state index in [0.717, 1.165) is 12.1 Å². The van der Waals surface area contributed by atoms with Crippen LogP contribution in [0, 0.1) is 0 Å². The minimum Gasteiger partial charge on any atom is -0.493 e. The van der Waals surface area contributed by atoms with Crippen LogP contribution in [0.4, 0.5) is 18.9 Å². The maximum atomic E-state index is 12.8. The normalized spacial score (nSPS) is 15.4. The molecule has 0 radical (unpaired) electrons.